The number of nitrogens with zero attached hydrogens (tertiary/aromatic N) is 3. The smallest absolute Gasteiger partial charge is 0.276 e. The Bertz CT molecular complexity index is 1060. The van der Waals surface area contributed by atoms with Gasteiger partial charge in [-0.1, -0.05) is 54.2 Å². The Morgan fingerprint density at radius 2 is 1.90 bits per heavy atom. The maximum Gasteiger partial charge on any atom is 0.276 e. The molecule has 0 spiro atoms. The Labute approximate surface area is 176 Å². The first-order valence-corrected chi connectivity index (χ1v) is 10.8. The van der Waals surface area contributed by atoms with Crippen molar-refractivity contribution in [3.63, 3.8) is 0 Å². The lowest BCUT2D eigenvalue weighted by molar-refractivity contribution is 0.0973. The van der Waals surface area contributed by atoms with E-state index in [1.165, 1.54) is 23.1 Å². The van der Waals surface area contributed by atoms with Gasteiger partial charge in [-0.2, -0.15) is 5.10 Å². The molecule has 2 aromatic carbocycles. The monoisotopic (exact) mass is 422 g/mol. The van der Waals surface area contributed by atoms with Gasteiger partial charge in [-0.15, -0.1) is 16.4 Å². The fourth-order valence-electron chi connectivity index (χ4n) is 2.71. The molecule has 0 aliphatic carbocycles. The molecule has 3 aromatic rings. The van der Waals surface area contributed by atoms with Gasteiger partial charge in [-0.05, 0) is 23.3 Å². The molecule has 0 radical (unpaired) electrons. The lowest BCUT2D eigenvalue weighted by atomic mass is 10.1. The van der Waals surface area contributed by atoms with Crippen LogP contribution in [0.15, 0.2) is 70.2 Å². The number of methoxy groups -OCH3 is 1. The average molecular weight is 423 g/mol. The molecule has 1 aromatic heterocycles. The molecular formula is C21H18N4O2S2. The van der Waals surface area contributed by atoms with Crippen LogP contribution in [0.4, 0.5) is 0 Å². The number of hydrogen-bond donors (Lipinski definition) is 1. The van der Waals surface area contributed by atoms with Crippen LogP contribution in [-0.4, -0.2) is 34.6 Å². The number of amidine groups is 1. The highest BCUT2D eigenvalue weighted by Gasteiger charge is 2.17. The number of ether oxygens (including phenoxy) is 1. The van der Waals surface area contributed by atoms with Crippen LogP contribution in [-0.2, 0) is 6.42 Å². The van der Waals surface area contributed by atoms with Crippen molar-refractivity contribution in [3.05, 3.63) is 81.8 Å². The molecule has 0 atom stereocenters. The Kier molecular flexibility index (Phi) is 6.02. The first kappa shape index (κ1) is 19.4. The van der Waals surface area contributed by atoms with E-state index in [0.717, 1.165) is 27.6 Å². The van der Waals surface area contributed by atoms with Gasteiger partial charge in [0.05, 0.1) is 17.8 Å². The molecule has 2 heterocycles. The Hall–Kier alpha value is -2.97. The van der Waals surface area contributed by atoms with Gasteiger partial charge in [-0.3, -0.25) is 10.1 Å². The first-order chi connectivity index (χ1) is 14.2. The molecule has 1 aliphatic heterocycles. The second kappa shape index (κ2) is 9.02. The lowest BCUT2D eigenvalue weighted by Crippen LogP contribution is -2.30. The second-order valence-corrected chi connectivity index (χ2v) is 8.12. The number of thioether (sulfide) groups is 1. The molecule has 1 N–H and O–H groups in total. The first-order valence-electron chi connectivity index (χ1n) is 8.92. The van der Waals surface area contributed by atoms with Crippen LogP contribution in [0.1, 0.15) is 26.6 Å². The summed E-state index contributed by atoms with van der Waals surface area (Å²) in [6.45, 7) is 0. The average Bonchev–Trinajstić information content (AvgIpc) is 3.24. The number of carbonyl (C=O) groups is 1. The molecule has 1 aliphatic rings. The fourth-order valence-corrected chi connectivity index (χ4v) is 4.28. The van der Waals surface area contributed by atoms with Crippen LogP contribution in [0.2, 0.25) is 0 Å². The second-order valence-electron chi connectivity index (χ2n) is 6.21. The summed E-state index contributed by atoms with van der Waals surface area (Å²) in [4.78, 5) is 16.9. The summed E-state index contributed by atoms with van der Waals surface area (Å²) in [6.07, 6.45) is 0.669. The van der Waals surface area contributed by atoms with Crippen molar-refractivity contribution < 1.29 is 9.53 Å². The fraction of sp³-hybridized carbons (Fsp3) is 0.143. The van der Waals surface area contributed by atoms with Crippen LogP contribution in [0.25, 0.3) is 0 Å². The Balaban J connectivity index is 1.38. The van der Waals surface area contributed by atoms with Crippen LogP contribution < -0.4 is 10.1 Å². The van der Waals surface area contributed by atoms with Crippen molar-refractivity contribution in [1.82, 2.24) is 10.3 Å². The van der Waals surface area contributed by atoms with E-state index in [1.54, 1.807) is 12.5 Å². The van der Waals surface area contributed by atoms with E-state index in [0.29, 0.717) is 23.0 Å². The standard InChI is InChI=1S/C21H18N4O2S2/c1-27-16-9-7-14(8-10-16)11-19-22-18(13-28-19)20(26)23-21-25-24-17(12-29-21)15-5-3-2-4-6-15/h2-10,13H,11-12H2,1H3,(H,23,25,26). The number of carbonyl (C=O) groups excluding carboxylic acids is 1. The van der Waals surface area contributed by atoms with Crippen LogP contribution in [0.5, 0.6) is 5.75 Å². The molecule has 0 bridgehead atoms. The summed E-state index contributed by atoms with van der Waals surface area (Å²) >= 11 is 2.92. The number of nitrogens with one attached hydrogen (secondary N) is 1. The van der Waals surface area contributed by atoms with E-state index in [-0.39, 0.29) is 5.91 Å². The minimum absolute atomic E-state index is 0.271. The van der Waals surface area contributed by atoms with Crippen LogP contribution >= 0.6 is 23.1 Å². The zero-order valence-electron chi connectivity index (χ0n) is 15.7. The minimum Gasteiger partial charge on any atom is -0.497 e. The summed E-state index contributed by atoms with van der Waals surface area (Å²) in [6, 6.07) is 17.7. The van der Waals surface area contributed by atoms with Crippen LogP contribution in [0, 0.1) is 0 Å². The van der Waals surface area contributed by atoms with Gasteiger partial charge in [-0.25, -0.2) is 4.98 Å². The van der Waals surface area contributed by atoms with Crippen molar-refractivity contribution in [3.8, 4) is 5.75 Å². The van der Waals surface area contributed by atoms with Gasteiger partial charge < -0.3 is 4.74 Å². The molecule has 1 amide bonds. The van der Waals surface area contributed by atoms with Crippen molar-refractivity contribution in [2.75, 3.05) is 12.9 Å². The zero-order chi connectivity index (χ0) is 20.1. The van der Waals surface area contributed by atoms with Crippen LogP contribution in [0.3, 0.4) is 0 Å². The predicted molar refractivity (Wildman–Crippen MR) is 118 cm³/mol. The SMILES string of the molecule is COc1ccc(Cc2nc(C(=O)NC3=NN=C(c4ccccc4)CS3)cs2)cc1. The minimum atomic E-state index is -0.271. The lowest BCUT2D eigenvalue weighted by Gasteiger charge is -2.12. The molecule has 8 heteroatoms. The van der Waals surface area contributed by atoms with Crippen molar-refractivity contribution in [2.45, 2.75) is 6.42 Å². The Morgan fingerprint density at radius 3 is 2.59 bits per heavy atom. The van der Waals surface area contributed by atoms with Crippen molar-refractivity contribution >= 4 is 39.9 Å². The molecule has 146 valence electrons. The number of aromatic nitrogens is 1. The normalized spacial score (nSPS) is 13.4. The molecule has 0 unspecified atom stereocenters. The van der Waals surface area contributed by atoms with E-state index in [2.05, 4.69) is 20.5 Å². The topological polar surface area (TPSA) is 75.9 Å². The van der Waals surface area contributed by atoms with E-state index in [9.17, 15) is 4.79 Å². The highest BCUT2D eigenvalue weighted by molar-refractivity contribution is 8.14. The van der Waals surface area contributed by atoms with Gasteiger partial charge in [0.15, 0.2) is 5.17 Å². The molecule has 0 fully saturated rings. The summed E-state index contributed by atoms with van der Waals surface area (Å²) in [5, 5.41) is 14.3. The summed E-state index contributed by atoms with van der Waals surface area (Å²) in [5.41, 5.74) is 3.43. The van der Waals surface area contributed by atoms with E-state index in [1.807, 2.05) is 54.6 Å². The number of amides is 1. The van der Waals surface area contributed by atoms with Gasteiger partial charge >= 0.3 is 0 Å². The number of benzene rings is 2. The summed E-state index contributed by atoms with van der Waals surface area (Å²) in [5.74, 6) is 1.20. The maximum absolute atomic E-state index is 12.5. The van der Waals surface area contributed by atoms with E-state index >= 15 is 0 Å². The van der Waals surface area contributed by atoms with Gasteiger partial charge in [0, 0.05) is 17.6 Å². The molecule has 29 heavy (non-hydrogen) atoms. The third-order valence-electron chi connectivity index (χ3n) is 4.23. The highest BCUT2D eigenvalue weighted by Crippen LogP contribution is 2.19. The predicted octanol–water partition coefficient (Wildman–Crippen LogP) is 3.98. The molecular weight excluding hydrogens is 404 g/mol. The maximum atomic E-state index is 12.5. The Morgan fingerprint density at radius 1 is 1.10 bits per heavy atom. The van der Waals surface area contributed by atoms with Crippen molar-refractivity contribution in [1.29, 1.82) is 0 Å². The van der Waals surface area contributed by atoms with Gasteiger partial charge in [0.1, 0.15) is 11.4 Å². The highest BCUT2D eigenvalue weighted by atomic mass is 32.2. The van der Waals surface area contributed by atoms with E-state index in [4.69, 9.17) is 4.74 Å². The quantitative estimate of drug-likeness (QED) is 0.675. The van der Waals surface area contributed by atoms with Crippen molar-refractivity contribution in [2.24, 2.45) is 10.2 Å². The zero-order valence-corrected chi connectivity index (χ0v) is 17.3. The number of hydrogen-bond acceptors (Lipinski definition) is 7. The molecule has 6 nitrogen and oxygen atoms in total. The number of rotatable bonds is 5. The third kappa shape index (κ3) is 4.90. The van der Waals surface area contributed by atoms with Gasteiger partial charge in [0.25, 0.3) is 5.91 Å². The molecule has 0 saturated heterocycles. The third-order valence-corrected chi connectivity index (χ3v) is 5.96. The molecule has 4 rings (SSSR count). The summed E-state index contributed by atoms with van der Waals surface area (Å²) < 4.78 is 5.17. The largest absolute Gasteiger partial charge is 0.497 e. The number of thiazole rings is 1. The van der Waals surface area contributed by atoms with Gasteiger partial charge in [0.2, 0.25) is 0 Å². The van der Waals surface area contributed by atoms with E-state index < -0.39 is 0 Å². The summed E-state index contributed by atoms with van der Waals surface area (Å²) in [7, 11) is 1.64. The molecule has 0 saturated carbocycles.